The van der Waals surface area contributed by atoms with Crippen molar-refractivity contribution in [3.05, 3.63) is 58.1 Å². The van der Waals surface area contributed by atoms with Crippen LogP contribution in [0.25, 0.3) is 0 Å². The number of nitrogens with one attached hydrogen (secondary N) is 3. The molecule has 0 unspecified atom stereocenters. The minimum absolute atomic E-state index is 0.00974. The van der Waals surface area contributed by atoms with E-state index in [2.05, 4.69) is 15.6 Å². The predicted molar refractivity (Wildman–Crippen MR) is 123 cm³/mol. The molecule has 3 N–H and O–H groups in total. The first kappa shape index (κ1) is 25.4. The molecule has 0 aliphatic carbocycles. The van der Waals surface area contributed by atoms with E-state index in [9.17, 15) is 18.0 Å². The zero-order chi connectivity index (χ0) is 24.2. The molecule has 9 heteroatoms. The van der Waals surface area contributed by atoms with Gasteiger partial charge in [0.25, 0.3) is 11.8 Å². The Bertz CT molecular complexity index is 1080. The molecule has 2 amide bonds. The number of hydrogen-bond acceptors (Lipinski definition) is 5. The summed E-state index contributed by atoms with van der Waals surface area (Å²) in [4.78, 5) is 24.8. The second-order valence-corrected chi connectivity index (χ2v) is 9.72. The maximum absolute atomic E-state index is 13.0. The molecule has 0 bridgehead atoms. The predicted octanol–water partition coefficient (Wildman–Crippen LogP) is 2.84. The van der Waals surface area contributed by atoms with Gasteiger partial charge in [-0.1, -0.05) is 6.07 Å². The Morgan fingerprint density at radius 2 is 1.41 bits per heavy atom. The summed E-state index contributed by atoms with van der Waals surface area (Å²) >= 11 is 0. The van der Waals surface area contributed by atoms with Gasteiger partial charge in [-0.2, -0.15) is 4.72 Å². The summed E-state index contributed by atoms with van der Waals surface area (Å²) < 4.78 is 33.9. The topological polar surface area (TPSA) is 114 Å². The highest BCUT2D eigenvalue weighted by atomic mass is 32.2. The van der Waals surface area contributed by atoms with E-state index in [1.165, 1.54) is 6.92 Å². The van der Waals surface area contributed by atoms with Gasteiger partial charge in [0.15, 0.2) is 0 Å². The average molecular weight is 462 g/mol. The van der Waals surface area contributed by atoms with E-state index >= 15 is 0 Å². The molecule has 0 aliphatic heterocycles. The van der Waals surface area contributed by atoms with Crippen molar-refractivity contribution in [3.63, 3.8) is 0 Å². The Hall–Kier alpha value is -2.91. The van der Waals surface area contributed by atoms with E-state index < -0.39 is 27.9 Å². The fraction of sp³-hybridized carbons (Fsp3) is 0.391. The highest BCUT2D eigenvalue weighted by Crippen LogP contribution is 2.26. The monoisotopic (exact) mass is 461 g/mol. The third-order valence-electron chi connectivity index (χ3n) is 5.08. The molecule has 0 saturated heterocycles. The van der Waals surface area contributed by atoms with Crippen molar-refractivity contribution in [1.29, 1.82) is 0 Å². The number of carbonyl (C=O) groups excluding carboxylic acids is 2. The number of amides is 2. The molecule has 0 heterocycles. The number of sulfonamides is 1. The van der Waals surface area contributed by atoms with Gasteiger partial charge in [0.2, 0.25) is 10.0 Å². The highest BCUT2D eigenvalue weighted by molar-refractivity contribution is 7.89. The molecule has 0 spiro atoms. The van der Waals surface area contributed by atoms with Gasteiger partial charge in [-0.3, -0.25) is 20.4 Å². The Morgan fingerprint density at radius 3 is 1.91 bits per heavy atom. The Labute approximate surface area is 189 Å². The number of hydrazine groups is 1. The standard InChI is InChI=1S/C23H31N3O5S/c1-13(2)31-20-10-8-19(9-11-20)23(28)25-24-22(27)18(7)26-32(29,30)21-16(5)14(3)12-15(4)17(21)6/h8-13,18,26H,1-7H3,(H,24,27)(H,25,28)/t18-/m0/s1. The highest BCUT2D eigenvalue weighted by Gasteiger charge is 2.26. The van der Waals surface area contributed by atoms with Gasteiger partial charge in [-0.15, -0.1) is 0 Å². The second kappa shape index (κ2) is 10.1. The van der Waals surface area contributed by atoms with E-state index in [1.807, 2.05) is 33.8 Å². The number of benzene rings is 2. The molecule has 0 saturated carbocycles. The van der Waals surface area contributed by atoms with Crippen LogP contribution in [0.4, 0.5) is 0 Å². The van der Waals surface area contributed by atoms with Crippen LogP contribution in [0.5, 0.6) is 5.75 Å². The molecule has 0 radical (unpaired) electrons. The molecule has 2 aromatic carbocycles. The first-order valence-corrected chi connectivity index (χ1v) is 11.8. The summed E-state index contributed by atoms with van der Waals surface area (Å²) in [7, 11) is -3.95. The van der Waals surface area contributed by atoms with Crippen LogP contribution in [0.15, 0.2) is 35.2 Å². The Kier molecular flexibility index (Phi) is 8.03. The zero-order valence-corrected chi connectivity index (χ0v) is 20.3. The van der Waals surface area contributed by atoms with E-state index in [4.69, 9.17) is 4.74 Å². The number of rotatable bonds is 7. The van der Waals surface area contributed by atoms with Crippen molar-refractivity contribution >= 4 is 21.8 Å². The van der Waals surface area contributed by atoms with Crippen molar-refractivity contribution in [3.8, 4) is 5.75 Å². The first-order valence-electron chi connectivity index (χ1n) is 10.3. The van der Waals surface area contributed by atoms with Crippen LogP contribution in [0.1, 0.15) is 53.4 Å². The van der Waals surface area contributed by atoms with E-state index in [0.717, 1.165) is 11.1 Å². The minimum Gasteiger partial charge on any atom is -0.491 e. The maximum atomic E-state index is 13.0. The molecule has 1 atom stereocenters. The fourth-order valence-electron chi connectivity index (χ4n) is 3.18. The lowest BCUT2D eigenvalue weighted by Crippen LogP contribution is -2.51. The molecule has 174 valence electrons. The number of carbonyl (C=O) groups is 2. The number of ether oxygens (including phenoxy) is 1. The summed E-state index contributed by atoms with van der Waals surface area (Å²) in [6, 6.07) is 7.26. The molecule has 2 rings (SSSR count). The number of aryl methyl sites for hydroxylation is 2. The maximum Gasteiger partial charge on any atom is 0.269 e. The van der Waals surface area contributed by atoms with E-state index in [0.29, 0.717) is 22.4 Å². The van der Waals surface area contributed by atoms with E-state index in [-0.39, 0.29) is 11.0 Å². The summed E-state index contributed by atoms with van der Waals surface area (Å²) in [6.45, 7) is 12.4. The van der Waals surface area contributed by atoms with Crippen LogP contribution in [-0.2, 0) is 14.8 Å². The molecule has 8 nitrogen and oxygen atoms in total. The lowest BCUT2D eigenvalue weighted by Gasteiger charge is -2.19. The van der Waals surface area contributed by atoms with Crippen LogP contribution < -0.4 is 20.3 Å². The van der Waals surface area contributed by atoms with Gasteiger partial charge in [0.05, 0.1) is 17.0 Å². The van der Waals surface area contributed by atoms with Gasteiger partial charge >= 0.3 is 0 Å². The van der Waals surface area contributed by atoms with Crippen molar-refractivity contribution < 1.29 is 22.7 Å². The quantitative estimate of drug-likeness (QED) is 0.549. The van der Waals surface area contributed by atoms with Gasteiger partial charge in [-0.05, 0) is 95.0 Å². The SMILES string of the molecule is Cc1cc(C)c(C)c(S(=O)(=O)N[C@@H](C)C(=O)NNC(=O)c2ccc(OC(C)C)cc2)c1C. The molecule has 0 aromatic heterocycles. The van der Waals surface area contributed by atoms with Crippen LogP contribution in [0, 0.1) is 27.7 Å². The second-order valence-electron chi connectivity index (χ2n) is 8.07. The van der Waals surface area contributed by atoms with Crippen LogP contribution >= 0.6 is 0 Å². The van der Waals surface area contributed by atoms with Crippen LogP contribution in [0.3, 0.4) is 0 Å². The molecular weight excluding hydrogens is 430 g/mol. The average Bonchev–Trinajstić information content (AvgIpc) is 2.70. The molecule has 2 aromatic rings. The van der Waals surface area contributed by atoms with Crippen LogP contribution in [-0.4, -0.2) is 32.4 Å². The lowest BCUT2D eigenvalue weighted by molar-refractivity contribution is -0.123. The molecular formula is C23H31N3O5S. The summed E-state index contributed by atoms with van der Waals surface area (Å²) in [6.07, 6.45) is 0.00974. The zero-order valence-electron chi connectivity index (χ0n) is 19.5. The van der Waals surface area contributed by atoms with Gasteiger partial charge < -0.3 is 4.74 Å². The summed E-state index contributed by atoms with van der Waals surface area (Å²) in [5.41, 5.74) is 7.83. The molecule has 0 fully saturated rings. The summed E-state index contributed by atoms with van der Waals surface area (Å²) in [5, 5.41) is 0. The largest absolute Gasteiger partial charge is 0.491 e. The fourth-order valence-corrected chi connectivity index (χ4v) is 5.00. The molecule has 0 aliphatic rings. The van der Waals surface area contributed by atoms with E-state index in [1.54, 1.807) is 38.1 Å². The minimum atomic E-state index is -3.95. The van der Waals surface area contributed by atoms with Crippen molar-refractivity contribution in [2.45, 2.75) is 65.5 Å². The smallest absolute Gasteiger partial charge is 0.269 e. The van der Waals surface area contributed by atoms with Crippen molar-refractivity contribution in [2.24, 2.45) is 0 Å². The third kappa shape index (κ3) is 6.08. The third-order valence-corrected chi connectivity index (χ3v) is 6.89. The van der Waals surface area contributed by atoms with Gasteiger partial charge in [0.1, 0.15) is 5.75 Å². The van der Waals surface area contributed by atoms with Gasteiger partial charge in [0, 0.05) is 5.56 Å². The van der Waals surface area contributed by atoms with Crippen molar-refractivity contribution in [2.75, 3.05) is 0 Å². The molecule has 32 heavy (non-hydrogen) atoms. The normalized spacial score (nSPS) is 12.4. The Morgan fingerprint density at radius 1 is 0.875 bits per heavy atom. The van der Waals surface area contributed by atoms with Crippen molar-refractivity contribution in [1.82, 2.24) is 15.6 Å². The van der Waals surface area contributed by atoms with Crippen LogP contribution in [0.2, 0.25) is 0 Å². The Balaban J connectivity index is 2.03. The first-order chi connectivity index (χ1) is 14.8. The summed E-state index contributed by atoms with van der Waals surface area (Å²) in [5.74, 6) is -0.604. The van der Waals surface area contributed by atoms with Gasteiger partial charge in [-0.25, -0.2) is 8.42 Å². The lowest BCUT2D eigenvalue weighted by atomic mass is 10.0. The number of hydrogen-bond donors (Lipinski definition) is 3.